The molecule has 1 saturated carbocycles. The number of aromatic nitrogens is 2. The fourth-order valence-electron chi connectivity index (χ4n) is 4.32. The van der Waals surface area contributed by atoms with Crippen LogP contribution in [-0.2, 0) is 6.18 Å². The fourth-order valence-corrected chi connectivity index (χ4v) is 4.32. The summed E-state index contributed by atoms with van der Waals surface area (Å²) in [6, 6.07) is 7.26. The minimum Gasteiger partial charge on any atom is -0.493 e. The van der Waals surface area contributed by atoms with Gasteiger partial charge in [0.25, 0.3) is 0 Å². The van der Waals surface area contributed by atoms with Gasteiger partial charge in [0.05, 0.1) is 24.2 Å². The Hall–Kier alpha value is -3.27. The second-order valence-corrected chi connectivity index (χ2v) is 9.49. The van der Waals surface area contributed by atoms with Gasteiger partial charge in [0.1, 0.15) is 17.7 Å². The normalized spacial score (nSPS) is 15.7. The maximum absolute atomic E-state index is 13.3. The van der Waals surface area contributed by atoms with E-state index in [4.69, 9.17) is 15.2 Å². The zero-order valence-corrected chi connectivity index (χ0v) is 21.1. The highest BCUT2D eigenvalue weighted by molar-refractivity contribution is 5.92. The number of anilines is 2. The third-order valence-corrected chi connectivity index (χ3v) is 6.29. The lowest BCUT2D eigenvalue weighted by Crippen LogP contribution is -2.32. The zero-order chi connectivity index (χ0) is 26.2. The number of fused-ring (bicyclic) bond motifs is 1. The largest absolute Gasteiger partial charge is 0.493 e. The van der Waals surface area contributed by atoms with Crippen LogP contribution in [0.2, 0.25) is 0 Å². The van der Waals surface area contributed by atoms with Gasteiger partial charge in [-0.2, -0.15) is 13.2 Å². The first-order valence-corrected chi connectivity index (χ1v) is 11.9. The third-order valence-electron chi connectivity index (χ3n) is 6.29. The van der Waals surface area contributed by atoms with Crippen LogP contribution in [0.15, 0.2) is 30.3 Å². The molecule has 3 N–H and O–H groups in total. The molecule has 10 heteroatoms. The molecule has 2 atom stereocenters. The summed E-state index contributed by atoms with van der Waals surface area (Å²) in [6.07, 6.45) is -2.15. The molecule has 0 unspecified atom stereocenters. The zero-order valence-electron chi connectivity index (χ0n) is 21.1. The van der Waals surface area contributed by atoms with Gasteiger partial charge in [-0.05, 0) is 70.5 Å². The Bertz CT molecular complexity index is 1250. The summed E-state index contributed by atoms with van der Waals surface area (Å²) in [7, 11) is 3.66. The van der Waals surface area contributed by atoms with Crippen molar-refractivity contribution in [3.63, 3.8) is 0 Å². The number of aryl methyl sites for hydroxylation is 1. The van der Waals surface area contributed by atoms with Crippen LogP contribution < -0.4 is 20.5 Å². The number of hydrogen-bond donors (Lipinski definition) is 2. The molecule has 194 valence electrons. The van der Waals surface area contributed by atoms with Crippen LogP contribution in [0.4, 0.5) is 24.7 Å². The van der Waals surface area contributed by atoms with E-state index in [0.29, 0.717) is 45.6 Å². The quantitative estimate of drug-likeness (QED) is 0.369. The molecule has 0 aliphatic heterocycles. The molecule has 0 radical (unpaired) electrons. The number of methoxy groups -OCH3 is 1. The van der Waals surface area contributed by atoms with E-state index in [0.717, 1.165) is 18.7 Å². The lowest BCUT2D eigenvalue weighted by atomic mass is 10.0. The van der Waals surface area contributed by atoms with Crippen molar-refractivity contribution in [2.24, 2.45) is 0 Å². The maximum atomic E-state index is 13.3. The Morgan fingerprint density at radius 2 is 1.83 bits per heavy atom. The van der Waals surface area contributed by atoms with Gasteiger partial charge < -0.3 is 20.5 Å². The number of nitrogens with one attached hydrogen (secondary N) is 1. The molecule has 1 aliphatic carbocycles. The number of ether oxygens (including phenoxy) is 2. The second-order valence-electron chi connectivity index (χ2n) is 9.49. The van der Waals surface area contributed by atoms with E-state index in [-0.39, 0.29) is 11.8 Å². The Balaban J connectivity index is 1.66. The summed E-state index contributed by atoms with van der Waals surface area (Å²) in [5.41, 5.74) is 6.05. The number of likely N-dealkylation sites (N-methyl/N-ethyl adjacent to an activating group) is 1. The number of nitrogens with two attached hydrogens (primary N) is 1. The molecule has 1 heterocycles. The van der Waals surface area contributed by atoms with Crippen molar-refractivity contribution in [1.29, 1.82) is 0 Å². The molecule has 0 saturated heterocycles. The number of halogens is 3. The van der Waals surface area contributed by atoms with Gasteiger partial charge in [-0.25, -0.2) is 9.97 Å². The molecule has 3 aromatic rings. The Labute approximate surface area is 208 Å². The molecule has 7 nitrogen and oxygen atoms in total. The van der Waals surface area contributed by atoms with E-state index in [1.54, 1.807) is 27.0 Å². The summed E-state index contributed by atoms with van der Waals surface area (Å²) in [5, 5.41) is 3.91. The highest BCUT2D eigenvalue weighted by Gasteiger charge is 2.31. The number of nitrogen functional groups attached to an aromatic ring is 1. The van der Waals surface area contributed by atoms with Crippen molar-refractivity contribution in [3.8, 4) is 11.5 Å². The van der Waals surface area contributed by atoms with Crippen molar-refractivity contribution in [2.45, 2.75) is 58.0 Å². The first-order chi connectivity index (χ1) is 16.9. The average Bonchev–Trinajstić information content (AvgIpc) is 3.63. The highest BCUT2D eigenvalue weighted by Crippen LogP contribution is 2.37. The van der Waals surface area contributed by atoms with Crippen molar-refractivity contribution in [2.75, 3.05) is 31.8 Å². The van der Waals surface area contributed by atoms with Gasteiger partial charge in [0, 0.05) is 29.7 Å². The summed E-state index contributed by atoms with van der Waals surface area (Å²) < 4.78 is 51.8. The van der Waals surface area contributed by atoms with Crippen LogP contribution >= 0.6 is 0 Å². The molecule has 0 bridgehead atoms. The molecular formula is C26H32F3N5O2. The van der Waals surface area contributed by atoms with Crippen LogP contribution in [0.25, 0.3) is 10.9 Å². The van der Waals surface area contributed by atoms with Crippen molar-refractivity contribution < 1.29 is 22.6 Å². The first-order valence-electron chi connectivity index (χ1n) is 11.9. The number of rotatable bonds is 9. The molecule has 36 heavy (non-hydrogen) atoms. The van der Waals surface area contributed by atoms with Crippen molar-refractivity contribution in [3.05, 3.63) is 47.3 Å². The number of benzene rings is 2. The van der Waals surface area contributed by atoms with Gasteiger partial charge >= 0.3 is 6.18 Å². The van der Waals surface area contributed by atoms with Crippen molar-refractivity contribution in [1.82, 2.24) is 14.9 Å². The topological polar surface area (TPSA) is 85.5 Å². The van der Waals surface area contributed by atoms with Gasteiger partial charge in [0.2, 0.25) is 0 Å². The molecule has 1 aromatic heterocycles. The summed E-state index contributed by atoms with van der Waals surface area (Å²) in [5.74, 6) is 2.09. The Kier molecular flexibility index (Phi) is 7.17. The summed E-state index contributed by atoms with van der Waals surface area (Å²) >= 11 is 0. The molecule has 2 aromatic carbocycles. The lowest BCUT2D eigenvalue weighted by Gasteiger charge is -2.23. The third kappa shape index (κ3) is 5.92. The molecule has 1 fully saturated rings. The minimum absolute atomic E-state index is 0.0442. The first kappa shape index (κ1) is 25.8. The fraction of sp³-hybridized carbons (Fsp3) is 0.462. The van der Waals surface area contributed by atoms with Crippen LogP contribution in [0.5, 0.6) is 11.5 Å². The molecule has 1 aliphatic rings. The van der Waals surface area contributed by atoms with Crippen LogP contribution in [0.1, 0.15) is 49.7 Å². The monoisotopic (exact) mass is 503 g/mol. The second kappa shape index (κ2) is 10.0. The van der Waals surface area contributed by atoms with Crippen molar-refractivity contribution >= 4 is 22.4 Å². The van der Waals surface area contributed by atoms with Crippen LogP contribution in [-0.4, -0.2) is 47.7 Å². The number of nitrogens with zero attached hydrogens (tertiary/aromatic N) is 3. The smallest absolute Gasteiger partial charge is 0.416 e. The molecular weight excluding hydrogens is 471 g/mol. The van der Waals surface area contributed by atoms with Gasteiger partial charge in [-0.1, -0.05) is 0 Å². The van der Waals surface area contributed by atoms with Crippen LogP contribution in [0.3, 0.4) is 0 Å². The van der Waals surface area contributed by atoms with E-state index in [9.17, 15) is 13.2 Å². The van der Waals surface area contributed by atoms with E-state index < -0.39 is 17.8 Å². The number of hydrogen-bond acceptors (Lipinski definition) is 7. The lowest BCUT2D eigenvalue weighted by molar-refractivity contribution is -0.137. The van der Waals surface area contributed by atoms with E-state index in [2.05, 4.69) is 27.2 Å². The Morgan fingerprint density at radius 1 is 1.11 bits per heavy atom. The average molecular weight is 504 g/mol. The Morgan fingerprint density at radius 3 is 2.47 bits per heavy atom. The SMILES string of the molecule is COc1cc2nc(C)nc(N[C@H](C)c3cc(N)cc(C(F)(F)F)c3)c2cc1O[C@H](C)CN(C)C1CC1. The molecule has 0 spiro atoms. The van der Waals surface area contributed by atoms with Crippen LogP contribution in [0, 0.1) is 6.92 Å². The van der Waals surface area contributed by atoms with E-state index in [1.807, 2.05) is 13.0 Å². The molecule has 0 amide bonds. The van der Waals surface area contributed by atoms with E-state index in [1.165, 1.54) is 18.9 Å². The molecule has 4 rings (SSSR count). The number of alkyl halides is 3. The summed E-state index contributed by atoms with van der Waals surface area (Å²) in [4.78, 5) is 11.3. The standard InChI is InChI=1S/C26H32F3N5O2/c1-14(13-34(4)20-6-7-20)36-24-11-21-22(12-23(24)35-5)32-16(3)33-25(21)31-15(2)17-8-18(26(27,28)29)10-19(30)9-17/h8-12,14-15,20H,6-7,13,30H2,1-5H3,(H,31,32,33)/t14-,15-/m1/s1. The highest BCUT2D eigenvalue weighted by atomic mass is 19.4. The maximum Gasteiger partial charge on any atom is 0.416 e. The van der Waals surface area contributed by atoms with Gasteiger partial charge in [0.15, 0.2) is 11.5 Å². The predicted octanol–water partition coefficient (Wildman–Crippen LogP) is 5.58. The van der Waals surface area contributed by atoms with Gasteiger partial charge in [-0.15, -0.1) is 0 Å². The predicted molar refractivity (Wildman–Crippen MR) is 134 cm³/mol. The minimum atomic E-state index is -4.49. The summed E-state index contributed by atoms with van der Waals surface area (Å²) in [6.45, 7) is 6.29. The van der Waals surface area contributed by atoms with E-state index >= 15 is 0 Å². The van der Waals surface area contributed by atoms with Gasteiger partial charge in [-0.3, -0.25) is 4.90 Å².